The molecule has 1 amide bonds. The van der Waals surface area contributed by atoms with Crippen molar-refractivity contribution in [2.24, 2.45) is 4.99 Å². The predicted molar refractivity (Wildman–Crippen MR) is 157 cm³/mol. The fourth-order valence-electron chi connectivity index (χ4n) is 4.59. The summed E-state index contributed by atoms with van der Waals surface area (Å²) < 4.78 is 8.10. The second kappa shape index (κ2) is 10.3. The van der Waals surface area contributed by atoms with Crippen molar-refractivity contribution in [2.45, 2.75) is 19.9 Å². The number of furan rings is 1. The molecule has 1 aliphatic rings. The van der Waals surface area contributed by atoms with Crippen LogP contribution in [0, 0.1) is 6.92 Å². The third-order valence-electron chi connectivity index (χ3n) is 6.48. The molecule has 6 rings (SSSR count). The number of hydrogen-bond acceptors (Lipinski definition) is 6. The third kappa shape index (κ3) is 4.83. The van der Waals surface area contributed by atoms with Gasteiger partial charge in [0, 0.05) is 27.2 Å². The number of thiazole rings is 1. The molecule has 0 fully saturated rings. The molecule has 0 saturated carbocycles. The van der Waals surface area contributed by atoms with Gasteiger partial charge in [0.25, 0.3) is 11.5 Å². The Kier molecular flexibility index (Phi) is 6.68. The molecule has 0 aliphatic carbocycles. The van der Waals surface area contributed by atoms with Crippen LogP contribution in [0.2, 0.25) is 5.02 Å². The van der Waals surface area contributed by atoms with Gasteiger partial charge in [0.15, 0.2) is 4.80 Å². The van der Waals surface area contributed by atoms with Crippen LogP contribution in [0.5, 0.6) is 0 Å². The fourth-order valence-corrected chi connectivity index (χ4v) is 6.63. The minimum absolute atomic E-state index is 0.230. The van der Waals surface area contributed by atoms with E-state index < -0.39 is 6.04 Å². The molecule has 1 atom stereocenters. The van der Waals surface area contributed by atoms with Crippen molar-refractivity contribution in [1.29, 1.82) is 0 Å². The van der Waals surface area contributed by atoms with Gasteiger partial charge >= 0.3 is 0 Å². The first-order valence-electron chi connectivity index (χ1n) is 12.2. The smallest absolute Gasteiger partial charge is 0.271 e. The van der Waals surface area contributed by atoms with Crippen molar-refractivity contribution < 1.29 is 9.21 Å². The number of rotatable bonds is 5. The number of carbonyl (C=O) groups is 1. The lowest BCUT2D eigenvalue weighted by atomic mass is 10.0. The van der Waals surface area contributed by atoms with E-state index >= 15 is 0 Å². The van der Waals surface area contributed by atoms with E-state index in [1.54, 1.807) is 16.7 Å². The number of anilines is 1. The summed E-state index contributed by atoms with van der Waals surface area (Å²) >= 11 is 8.91. The normalized spacial score (nSPS) is 15.3. The second-order valence-corrected chi connectivity index (χ2v) is 11.5. The molecule has 4 heterocycles. The van der Waals surface area contributed by atoms with Crippen molar-refractivity contribution in [3.8, 4) is 11.3 Å². The zero-order chi connectivity index (χ0) is 27.1. The van der Waals surface area contributed by atoms with E-state index in [1.807, 2.05) is 86.0 Å². The molecule has 1 N–H and O–H groups in total. The molecule has 39 heavy (non-hydrogen) atoms. The van der Waals surface area contributed by atoms with Crippen molar-refractivity contribution in [3.63, 3.8) is 0 Å². The second-order valence-electron chi connectivity index (χ2n) is 9.08. The number of para-hydroxylation sites is 1. The van der Waals surface area contributed by atoms with Crippen LogP contribution < -0.4 is 20.2 Å². The summed E-state index contributed by atoms with van der Waals surface area (Å²) in [5.74, 6) is 0.908. The number of benzene rings is 2. The van der Waals surface area contributed by atoms with Crippen LogP contribution in [0.4, 0.5) is 5.69 Å². The number of fused-ring (bicyclic) bond motifs is 1. The molecule has 3 aromatic heterocycles. The van der Waals surface area contributed by atoms with Crippen LogP contribution in [0.15, 0.2) is 104 Å². The van der Waals surface area contributed by atoms with Gasteiger partial charge < -0.3 is 9.73 Å². The van der Waals surface area contributed by atoms with E-state index in [-0.39, 0.29) is 11.5 Å². The number of thiophene rings is 1. The van der Waals surface area contributed by atoms with Crippen LogP contribution in [0.3, 0.4) is 0 Å². The van der Waals surface area contributed by atoms with Gasteiger partial charge in [-0.05, 0) is 61.2 Å². The lowest BCUT2D eigenvalue weighted by Crippen LogP contribution is -2.40. The molecule has 2 aromatic carbocycles. The highest BCUT2D eigenvalue weighted by atomic mass is 35.5. The van der Waals surface area contributed by atoms with Gasteiger partial charge in [-0.3, -0.25) is 14.2 Å². The van der Waals surface area contributed by atoms with Gasteiger partial charge in [-0.25, -0.2) is 4.99 Å². The van der Waals surface area contributed by atoms with Crippen molar-refractivity contribution >= 4 is 51.9 Å². The number of nitrogens with one attached hydrogen (secondary N) is 1. The molecule has 0 bridgehead atoms. The molecule has 0 radical (unpaired) electrons. The van der Waals surface area contributed by atoms with Gasteiger partial charge in [0.2, 0.25) is 0 Å². The Balaban J connectivity index is 1.43. The van der Waals surface area contributed by atoms with Crippen LogP contribution in [0.1, 0.15) is 29.2 Å². The number of hydrogen-bond donors (Lipinski definition) is 1. The van der Waals surface area contributed by atoms with Crippen molar-refractivity contribution in [3.05, 3.63) is 130 Å². The summed E-state index contributed by atoms with van der Waals surface area (Å²) in [5.41, 5.74) is 3.31. The highest BCUT2D eigenvalue weighted by Crippen LogP contribution is 2.33. The molecule has 1 aliphatic heterocycles. The SMILES string of the molecule is CC1=C(C(=O)Nc2ccccc2C)C(c2cccs2)n2c(s/c(=C/c3ccc(-c4cccc(Cl)c4)o3)c2=O)=N1. The highest BCUT2D eigenvalue weighted by molar-refractivity contribution is 7.10. The predicted octanol–water partition coefficient (Wildman–Crippen LogP) is 6.16. The number of nitrogens with zero attached hydrogens (tertiary/aromatic N) is 2. The summed E-state index contributed by atoms with van der Waals surface area (Å²) in [6.45, 7) is 3.75. The molecule has 1 unspecified atom stereocenters. The maximum absolute atomic E-state index is 13.8. The lowest BCUT2D eigenvalue weighted by Gasteiger charge is -2.24. The van der Waals surface area contributed by atoms with E-state index in [9.17, 15) is 9.59 Å². The summed E-state index contributed by atoms with van der Waals surface area (Å²) in [5, 5.41) is 5.58. The molecular weight excluding hydrogens is 550 g/mol. The molecule has 9 heteroatoms. The average molecular weight is 572 g/mol. The van der Waals surface area contributed by atoms with E-state index in [0.717, 1.165) is 21.7 Å². The summed E-state index contributed by atoms with van der Waals surface area (Å²) in [6, 6.07) is 21.9. The first-order valence-corrected chi connectivity index (χ1v) is 14.2. The number of aryl methyl sites for hydroxylation is 1. The lowest BCUT2D eigenvalue weighted by molar-refractivity contribution is -0.113. The Morgan fingerprint density at radius 1 is 1.08 bits per heavy atom. The first-order chi connectivity index (χ1) is 18.9. The van der Waals surface area contributed by atoms with E-state index in [2.05, 4.69) is 5.32 Å². The van der Waals surface area contributed by atoms with E-state index in [4.69, 9.17) is 21.0 Å². The maximum atomic E-state index is 13.8. The Morgan fingerprint density at radius 3 is 2.69 bits per heavy atom. The standard InChI is InChI=1S/C30H22ClN3O3S2/c1-17-7-3-4-10-22(17)33-28(35)26-18(2)32-30-34(27(26)24-11-6-14-38-24)29(36)25(39-30)16-21-12-13-23(37-21)19-8-5-9-20(31)15-19/h3-16,27H,1-2H3,(H,33,35)/b25-16+. The first kappa shape index (κ1) is 25.3. The summed E-state index contributed by atoms with van der Waals surface area (Å²) in [7, 11) is 0. The average Bonchev–Trinajstić information content (AvgIpc) is 3.67. The van der Waals surface area contributed by atoms with Crippen LogP contribution in [0.25, 0.3) is 17.4 Å². The molecular formula is C30H22ClN3O3S2. The van der Waals surface area contributed by atoms with Gasteiger partial charge in [0.05, 0.1) is 15.8 Å². The van der Waals surface area contributed by atoms with Crippen LogP contribution in [-0.4, -0.2) is 10.5 Å². The number of aromatic nitrogens is 1. The summed E-state index contributed by atoms with van der Waals surface area (Å²) in [4.78, 5) is 33.6. The molecule has 6 nitrogen and oxygen atoms in total. The molecule has 0 spiro atoms. The van der Waals surface area contributed by atoms with E-state index in [1.165, 1.54) is 22.7 Å². The number of carbonyl (C=O) groups excluding carboxylic acids is 1. The summed E-state index contributed by atoms with van der Waals surface area (Å²) in [6.07, 6.45) is 1.72. The van der Waals surface area contributed by atoms with Crippen molar-refractivity contribution in [1.82, 2.24) is 4.57 Å². The Bertz CT molecular complexity index is 1930. The van der Waals surface area contributed by atoms with Gasteiger partial charge in [-0.2, -0.15) is 0 Å². The zero-order valence-electron chi connectivity index (χ0n) is 21.0. The minimum atomic E-state index is -0.592. The Hall–Kier alpha value is -3.98. The van der Waals surface area contributed by atoms with Gasteiger partial charge in [0.1, 0.15) is 17.6 Å². The quantitative estimate of drug-likeness (QED) is 0.275. The number of allylic oxidation sites excluding steroid dienone is 1. The highest BCUT2D eigenvalue weighted by Gasteiger charge is 2.33. The number of amides is 1. The third-order valence-corrected chi connectivity index (χ3v) is 8.62. The Labute approximate surface area is 236 Å². The zero-order valence-corrected chi connectivity index (χ0v) is 23.4. The van der Waals surface area contributed by atoms with Crippen LogP contribution in [-0.2, 0) is 4.79 Å². The molecule has 5 aromatic rings. The Morgan fingerprint density at radius 2 is 1.92 bits per heavy atom. The molecule has 0 saturated heterocycles. The number of halogens is 1. The van der Waals surface area contributed by atoms with Crippen LogP contribution >= 0.6 is 34.3 Å². The fraction of sp³-hybridized carbons (Fsp3) is 0.100. The van der Waals surface area contributed by atoms with Gasteiger partial charge in [-0.15, -0.1) is 11.3 Å². The monoisotopic (exact) mass is 571 g/mol. The minimum Gasteiger partial charge on any atom is -0.457 e. The molecule has 194 valence electrons. The van der Waals surface area contributed by atoms with Gasteiger partial charge in [-0.1, -0.05) is 59.3 Å². The maximum Gasteiger partial charge on any atom is 0.271 e. The topological polar surface area (TPSA) is 76.6 Å². The largest absolute Gasteiger partial charge is 0.457 e. The van der Waals surface area contributed by atoms with E-state index in [0.29, 0.717) is 37.1 Å². The van der Waals surface area contributed by atoms with Crippen molar-refractivity contribution in [2.75, 3.05) is 5.32 Å².